The first-order valence-electron chi connectivity index (χ1n) is 7.90. The second kappa shape index (κ2) is 6.23. The molecule has 0 N–H and O–H groups in total. The molecule has 1 aromatic heterocycles. The first kappa shape index (κ1) is 15.9. The zero-order valence-electron chi connectivity index (χ0n) is 13.8. The van der Waals surface area contributed by atoms with Crippen molar-refractivity contribution in [1.82, 2.24) is 19.8 Å². The molecule has 2 amide bonds. The van der Waals surface area contributed by atoms with Gasteiger partial charge in [0.1, 0.15) is 12.4 Å². The van der Waals surface area contributed by atoms with E-state index in [2.05, 4.69) is 9.97 Å². The number of hydrogen-bond acceptors (Lipinski definition) is 5. The second-order valence-electron chi connectivity index (χ2n) is 6.30. The van der Waals surface area contributed by atoms with E-state index in [-0.39, 0.29) is 30.4 Å². The van der Waals surface area contributed by atoms with Crippen molar-refractivity contribution in [3.63, 3.8) is 0 Å². The minimum Gasteiger partial charge on any atom is -0.371 e. The number of fused-ring (bicyclic) bond motifs is 1. The van der Waals surface area contributed by atoms with Gasteiger partial charge in [-0.25, -0.2) is 9.97 Å². The van der Waals surface area contributed by atoms with Gasteiger partial charge in [-0.2, -0.15) is 0 Å². The first-order chi connectivity index (χ1) is 11.0. The van der Waals surface area contributed by atoms with Crippen molar-refractivity contribution >= 4 is 11.8 Å². The minimum absolute atomic E-state index is 0.00868. The molecule has 0 aromatic carbocycles. The predicted molar refractivity (Wildman–Crippen MR) is 82.9 cm³/mol. The Morgan fingerprint density at radius 2 is 2.17 bits per heavy atom. The van der Waals surface area contributed by atoms with E-state index in [1.54, 1.807) is 30.0 Å². The number of hydrogen-bond donors (Lipinski definition) is 0. The Bertz CT molecular complexity index is 634. The molecule has 0 unspecified atom stereocenters. The maximum Gasteiger partial charge on any atom is 0.257 e. The van der Waals surface area contributed by atoms with Crippen LogP contribution in [0.1, 0.15) is 28.3 Å². The molecule has 2 fully saturated rings. The number of aryl methyl sites for hydroxylation is 2. The molecule has 0 aliphatic carbocycles. The summed E-state index contributed by atoms with van der Waals surface area (Å²) in [6, 6.07) is 0.00868. The van der Waals surface area contributed by atoms with E-state index in [9.17, 15) is 9.59 Å². The fourth-order valence-electron chi connectivity index (χ4n) is 3.35. The van der Waals surface area contributed by atoms with E-state index in [1.165, 1.54) is 0 Å². The highest BCUT2D eigenvalue weighted by Crippen LogP contribution is 2.25. The zero-order valence-corrected chi connectivity index (χ0v) is 13.8. The number of aromatic nitrogens is 2. The standard InChI is InChI=1S/C16H22N4O3/c1-10-13(6-17-11(2)18-10)16(22)20-5-4-12-8-23-9-15(21)19(3)14(12)7-20/h6,12,14H,4-5,7-9H2,1-3H3/t12-,14-/m0/s1. The highest BCUT2D eigenvalue weighted by atomic mass is 16.5. The van der Waals surface area contributed by atoms with E-state index in [4.69, 9.17) is 4.74 Å². The van der Waals surface area contributed by atoms with E-state index in [0.29, 0.717) is 36.8 Å². The van der Waals surface area contributed by atoms with Gasteiger partial charge in [0.2, 0.25) is 5.91 Å². The number of ether oxygens (including phenoxy) is 1. The summed E-state index contributed by atoms with van der Waals surface area (Å²) in [6.07, 6.45) is 2.43. The van der Waals surface area contributed by atoms with Gasteiger partial charge in [-0.05, 0) is 20.3 Å². The van der Waals surface area contributed by atoms with Crippen molar-refractivity contribution < 1.29 is 14.3 Å². The highest BCUT2D eigenvalue weighted by molar-refractivity contribution is 5.95. The third-order valence-electron chi connectivity index (χ3n) is 4.79. The fourth-order valence-corrected chi connectivity index (χ4v) is 3.35. The van der Waals surface area contributed by atoms with Gasteiger partial charge in [-0.1, -0.05) is 0 Å². The van der Waals surface area contributed by atoms with Crippen LogP contribution >= 0.6 is 0 Å². The van der Waals surface area contributed by atoms with Gasteiger partial charge in [0.15, 0.2) is 0 Å². The number of likely N-dealkylation sites (tertiary alicyclic amines) is 1. The molecule has 3 rings (SSSR count). The molecule has 0 radical (unpaired) electrons. The third-order valence-corrected chi connectivity index (χ3v) is 4.79. The predicted octanol–water partition coefficient (Wildman–Crippen LogP) is 0.413. The topological polar surface area (TPSA) is 75.6 Å². The van der Waals surface area contributed by atoms with Gasteiger partial charge >= 0.3 is 0 Å². The zero-order chi connectivity index (χ0) is 16.6. The summed E-state index contributed by atoms with van der Waals surface area (Å²) in [7, 11) is 1.79. The monoisotopic (exact) mass is 318 g/mol. The van der Waals surface area contributed by atoms with E-state index < -0.39 is 0 Å². The molecule has 1 aromatic rings. The van der Waals surface area contributed by atoms with Crippen molar-refractivity contribution in [2.75, 3.05) is 33.4 Å². The van der Waals surface area contributed by atoms with Crippen LogP contribution in [0.3, 0.4) is 0 Å². The van der Waals surface area contributed by atoms with Crippen LogP contribution < -0.4 is 0 Å². The average molecular weight is 318 g/mol. The van der Waals surface area contributed by atoms with Crippen molar-refractivity contribution in [1.29, 1.82) is 0 Å². The number of piperidine rings is 1. The van der Waals surface area contributed by atoms with Gasteiger partial charge in [0, 0.05) is 32.3 Å². The Morgan fingerprint density at radius 3 is 2.91 bits per heavy atom. The van der Waals surface area contributed by atoms with Gasteiger partial charge in [-0.15, -0.1) is 0 Å². The van der Waals surface area contributed by atoms with Gasteiger partial charge in [0.25, 0.3) is 5.91 Å². The molecule has 3 heterocycles. The molecule has 2 atom stereocenters. The van der Waals surface area contributed by atoms with E-state index in [1.807, 2.05) is 6.92 Å². The van der Waals surface area contributed by atoms with Crippen LogP contribution in [0.25, 0.3) is 0 Å². The lowest BCUT2D eigenvalue weighted by atomic mass is 9.91. The Morgan fingerprint density at radius 1 is 1.39 bits per heavy atom. The Kier molecular flexibility index (Phi) is 4.30. The van der Waals surface area contributed by atoms with E-state index in [0.717, 1.165) is 6.42 Å². The van der Waals surface area contributed by atoms with E-state index >= 15 is 0 Å². The van der Waals surface area contributed by atoms with Gasteiger partial charge in [-0.3, -0.25) is 9.59 Å². The highest BCUT2D eigenvalue weighted by Gasteiger charge is 2.38. The molecule has 2 saturated heterocycles. The van der Waals surface area contributed by atoms with Crippen molar-refractivity contribution in [2.24, 2.45) is 5.92 Å². The molecule has 23 heavy (non-hydrogen) atoms. The molecule has 2 aliphatic rings. The van der Waals surface area contributed by atoms with Gasteiger partial charge in [0.05, 0.1) is 23.9 Å². The van der Waals surface area contributed by atoms with Crippen LogP contribution in [0.15, 0.2) is 6.20 Å². The van der Waals surface area contributed by atoms with Crippen LogP contribution in [-0.4, -0.2) is 71.0 Å². The summed E-state index contributed by atoms with van der Waals surface area (Å²) >= 11 is 0. The number of rotatable bonds is 1. The molecule has 124 valence electrons. The lowest BCUT2D eigenvalue weighted by Gasteiger charge is -2.41. The van der Waals surface area contributed by atoms with Crippen molar-refractivity contribution in [3.05, 3.63) is 23.3 Å². The average Bonchev–Trinajstić information content (AvgIpc) is 2.66. The SMILES string of the molecule is Cc1ncc(C(=O)N2CC[C@H]3COCC(=O)N(C)[C@H]3C2)c(C)n1. The number of amides is 2. The van der Waals surface area contributed by atoms with Crippen LogP contribution in [0.5, 0.6) is 0 Å². The van der Waals surface area contributed by atoms with Crippen molar-refractivity contribution in [3.8, 4) is 0 Å². The summed E-state index contributed by atoms with van der Waals surface area (Å²) in [5.74, 6) is 0.850. The number of carbonyl (C=O) groups is 2. The largest absolute Gasteiger partial charge is 0.371 e. The summed E-state index contributed by atoms with van der Waals surface area (Å²) in [5, 5.41) is 0. The minimum atomic E-state index is -0.0630. The summed E-state index contributed by atoms with van der Waals surface area (Å²) in [4.78, 5) is 36.7. The smallest absolute Gasteiger partial charge is 0.257 e. The molecule has 0 saturated carbocycles. The maximum absolute atomic E-state index is 12.8. The number of likely N-dealkylation sites (N-methyl/N-ethyl adjacent to an activating group) is 1. The second-order valence-corrected chi connectivity index (χ2v) is 6.30. The third kappa shape index (κ3) is 3.06. The van der Waals surface area contributed by atoms with Gasteiger partial charge < -0.3 is 14.5 Å². The number of nitrogens with zero attached hydrogens (tertiary/aromatic N) is 4. The molecule has 0 spiro atoms. The van der Waals surface area contributed by atoms with Crippen LogP contribution in [0.4, 0.5) is 0 Å². The van der Waals surface area contributed by atoms with Crippen LogP contribution in [0, 0.1) is 19.8 Å². The number of carbonyl (C=O) groups excluding carboxylic acids is 2. The summed E-state index contributed by atoms with van der Waals surface area (Å²) in [5.41, 5.74) is 1.23. The lowest BCUT2D eigenvalue weighted by Crippen LogP contribution is -2.54. The van der Waals surface area contributed by atoms with Crippen LogP contribution in [0.2, 0.25) is 0 Å². The molecule has 7 nitrogen and oxygen atoms in total. The normalized spacial score (nSPS) is 25.1. The fraction of sp³-hybridized carbons (Fsp3) is 0.625. The Labute approximate surface area is 135 Å². The van der Waals surface area contributed by atoms with Crippen LogP contribution in [-0.2, 0) is 9.53 Å². The van der Waals surface area contributed by atoms with Crippen molar-refractivity contribution in [2.45, 2.75) is 26.3 Å². The maximum atomic E-state index is 12.8. The molecule has 2 aliphatic heterocycles. The first-order valence-corrected chi connectivity index (χ1v) is 7.90. The quantitative estimate of drug-likeness (QED) is 0.750. The summed E-state index contributed by atoms with van der Waals surface area (Å²) in [6.45, 7) is 5.53. The molecular formula is C16H22N4O3. The Balaban J connectivity index is 1.79. The Hall–Kier alpha value is -2.02. The summed E-state index contributed by atoms with van der Waals surface area (Å²) < 4.78 is 5.44. The molecule has 7 heteroatoms. The molecule has 0 bridgehead atoms. The lowest BCUT2D eigenvalue weighted by molar-refractivity contribution is -0.134. The molecular weight excluding hydrogens is 296 g/mol.